The fourth-order valence-corrected chi connectivity index (χ4v) is 5.12. The van der Waals surface area contributed by atoms with Gasteiger partial charge >= 0.3 is 0 Å². The Morgan fingerprint density at radius 1 is 1.43 bits per heavy atom. The molecule has 1 saturated heterocycles. The van der Waals surface area contributed by atoms with Gasteiger partial charge in [0.15, 0.2) is 11.8 Å². The van der Waals surface area contributed by atoms with E-state index in [-0.39, 0.29) is 5.41 Å². The van der Waals surface area contributed by atoms with E-state index in [4.69, 9.17) is 9.73 Å². The highest BCUT2D eigenvalue weighted by Gasteiger charge is 2.59. The van der Waals surface area contributed by atoms with E-state index >= 15 is 0 Å². The van der Waals surface area contributed by atoms with E-state index in [0.29, 0.717) is 24.6 Å². The molecule has 0 bridgehead atoms. The van der Waals surface area contributed by atoms with E-state index in [1.165, 1.54) is 4.88 Å². The minimum Gasteiger partial charge on any atom is -0.377 e. The number of aromatic nitrogens is 3. The minimum absolute atomic E-state index is 0.110. The molecule has 0 aromatic carbocycles. The summed E-state index contributed by atoms with van der Waals surface area (Å²) in [5.74, 6) is 3.18. The molecule has 3 atom stereocenters. The molecule has 3 heterocycles. The van der Waals surface area contributed by atoms with E-state index in [0.717, 1.165) is 43.6 Å². The fourth-order valence-electron chi connectivity index (χ4n) is 4.41. The molecule has 2 aliphatic rings. The maximum absolute atomic E-state index is 5.94. The van der Waals surface area contributed by atoms with Crippen molar-refractivity contribution in [2.24, 2.45) is 23.4 Å². The van der Waals surface area contributed by atoms with Gasteiger partial charge in [-0.25, -0.2) is 4.99 Å². The first-order valence-corrected chi connectivity index (χ1v) is 10.9. The van der Waals surface area contributed by atoms with Crippen LogP contribution in [0.1, 0.15) is 36.8 Å². The monoisotopic (exact) mass is 402 g/mol. The number of hydrogen-bond donors (Lipinski definition) is 2. The first-order chi connectivity index (χ1) is 13.5. The maximum Gasteiger partial charge on any atom is 0.191 e. The minimum atomic E-state index is 0.110. The van der Waals surface area contributed by atoms with E-state index in [1.54, 1.807) is 11.3 Å². The van der Waals surface area contributed by atoms with Crippen LogP contribution in [0.15, 0.2) is 22.5 Å². The lowest BCUT2D eigenvalue weighted by Gasteiger charge is -2.54. The highest BCUT2D eigenvalue weighted by molar-refractivity contribution is 7.09. The number of hydrogen-bond acceptors (Lipinski definition) is 5. The van der Waals surface area contributed by atoms with Crippen molar-refractivity contribution >= 4 is 17.3 Å². The van der Waals surface area contributed by atoms with Crippen LogP contribution >= 0.6 is 11.3 Å². The van der Waals surface area contributed by atoms with Crippen molar-refractivity contribution in [1.82, 2.24) is 25.4 Å². The summed E-state index contributed by atoms with van der Waals surface area (Å²) in [5.41, 5.74) is 0.110. The Morgan fingerprint density at radius 3 is 3.00 bits per heavy atom. The van der Waals surface area contributed by atoms with Crippen LogP contribution in [0.2, 0.25) is 0 Å². The van der Waals surface area contributed by atoms with Crippen molar-refractivity contribution in [3.63, 3.8) is 0 Å². The van der Waals surface area contributed by atoms with Crippen molar-refractivity contribution in [2.45, 2.75) is 52.3 Å². The predicted octanol–water partition coefficient (Wildman–Crippen LogP) is 2.28. The van der Waals surface area contributed by atoms with Crippen LogP contribution in [0.5, 0.6) is 0 Å². The lowest BCUT2D eigenvalue weighted by atomic mass is 9.57. The zero-order chi connectivity index (χ0) is 19.7. The second-order valence-corrected chi connectivity index (χ2v) is 9.36. The Hall–Kier alpha value is -1.93. The SMILES string of the molecule is Cc1nnc(CN=C(NCCc2cccs2)NC2C3CCOC3C2(C)C)n1C. The summed E-state index contributed by atoms with van der Waals surface area (Å²) in [4.78, 5) is 6.20. The molecule has 2 N–H and O–H groups in total. The number of ether oxygens (including phenoxy) is 1. The molecule has 1 aliphatic carbocycles. The summed E-state index contributed by atoms with van der Waals surface area (Å²) in [6, 6.07) is 4.64. The topological polar surface area (TPSA) is 76.4 Å². The maximum atomic E-state index is 5.94. The van der Waals surface area contributed by atoms with Crippen molar-refractivity contribution in [3.8, 4) is 0 Å². The highest BCUT2D eigenvalue weighted by Crippen LogP contribution is 2.52. The molecule has 0 radical (unpaired) electrons. The first-order valence-electron chi connectivity index (χ1n) is 10.0. The average Bonchev–Trinajstić information content (AvgIpc) is 3.40. The average molecular weight is 403 g/mol. The standard InChI is InChI=1S/C20H30N6OS/c1-13-24-25-16(26(13)4)12-22-19(21-9-7-14-6-5-11-28-14)23-17-15-8-10-27-18(15)20(17,2)3/h5-6,11,15,17-18H,7-10,12H2,1-4H3,(H2,21,22,23). The zero-order valence-electron chi connectivity index (χ0n) is 17.1. The molecular formula is C20H30N6OS. The second-order valence-electron chi connectivity index (χ2n) is 8.33. The third-order valence-corrected chi connectivity index (χ3v) is 7.13. The van der Waals surface area contributed by atoms with Gasteiger partial charge in [0.1, 0.15) is 12.4 Å². The Morgan fingerprint density at radius 2 is 2.29 bits per heavy atom. The van der Waals surface area contributed by atoms with Crippen molar-refractivity contribution in [1.29, 1.82) is 0 Å². The van der Waals surface area contributed by atoms with Crippen molar-refractivity contribution < 1.29 is 4.74 Å². The number of thiophene rings is 1. The number of guanidine groups is 1. The van der Waals surface area contributed by atoms with Crippen LogP contribution in [0.25, 0.3) is 0 Å². The van der Waals surface area contributed by atoms with Gasteiger partial charge in [0.25, 0.3) is 0 Å². The van der Waals surface area contributed by atoms with Crippen molar-refractivity contribution in [3.05, 3.63) is 34.0 Å². The molecule has 1 aliphatic heterocycles. The quantitative estimate of drug-likeness (QED) is 0.573. The van der Waals surface area contributed by atoms with Gasteiger partial charge in [0, 0.05) is 42.5 Å². The molecule has 2 fully saturated rings. The molecule has 8 heteroatoms. The molecule has 2 aromatic rings. The largest absolute Gasteiger partial charge is 0.377 e. The number of nitrogens with one attached hydrogen (secondary N) is 2. The summed E-state index contributed by atoms with van der Waals surface area (Å²) in [7, 11) is 1.98. The predicted molar refractivity (Wildman–Crippen MR) is 111 cm³/mol. The van der Waals surface area contributed by atoms with Gasteiger partial charge in [-0.05, 0) is 31.2 Å². The van der Waals surface area contributed by atoms with E-state index < -0.39 is 0 Å². The molecule has 7 nitrogen and oxygen atoms in total. The Bertz CT molecular complexity index is 828. The number of rotatable bonds is 6. The van der Waals surface area contributed by atoms with E-state index in [2.05, 4.69) is 52.2 Å². The first kappa shape index (κ1) is 19.4. The van der Waals surface area contributed by atoms with Crippen LogP contribution in [0, 0.1) is 18.3 Å². The zero-order valence-corrected chi connectivity index (χ0v) is 17.9. The van der Waals surface area contributed by atoms with Crippen LogP contribution in [-0.4, -0.2) is 46.0 Å². The van der Waals surface area contributed by atoms with Crippen LogP contribution < -0.4 is 10.6 Å². The smallest absolute Gasteiger partial charge is 0.191 e. The number of fused-ring (bicyclic) bond motifs is 1. The molecule has 2 aromatic heterocycles. The second kappa shape index (κ2) is 7.83. The lowest BCUT2D eigenvalue weighted by Crippen LogP contribution is -2.68. The molecule has 1 saturated carbocycles. The van der Waals surface area contributed by atoms with E-state index in [9.17, 15) is 0 Å². The van der Waals surface area contributed by atoms with E-state index in [1.807, 2.05) is 18.5 Å². The molecule has 3 unspecified atom stereocenters. The highest BCUT2D eigenvalue weighted by atomic mass is 32.1. The molecule has 152 valence electrons. The fraction of sp³-hybridized carbons (Fsp3) is 0.650. The van der Waals surface area contributed by atoms with Crippen LogP contribution in [0.3, 0.4) is 0 Å². The summed E-state index contributed by atoms with van der Waals surface area (Å²) < 4.78 is 7.92. The third-order valence-electron chi connectivity index (χ3n) is 6.20. The molecular weight excluding hydrogens is 372 g/mol. The summed E-state index contributed by atoms with van der Waals surface area (Å²) in [6.45, 7) is 8.74. The Kier molecular flexibility index (Phi) is 5.42. The van der Waals surface area contributed by atoms with Gasteiger partial charge in [0.05, 0.1) is 6.10 Å². The summed E-state index contributed by atoms with van der Waals surface area (Å²) >= 11 is 1.79. The Balaban J connectivity index is 1.44. The Labute approximate surface area is 170 Å². The lowest BCUT2D eigenvalue weighted by molar-refractivity contribution is -0.106. The third kappa shape index (κ3) is 3.67. The number of aliphatic imine (C=N–C) groups is 1. The van der Waals surface area contributed by atoms with Gasteiger partial charge in [-0.15, -0.1) is 21.5 Å². The molecule has 0 spiro atoms. The van der Waals surface area contributed by atoms with Gasteiger partial charge < -0.3 is 19.9 Å². The molecule has 4 rings (SSSR count). The normalized spacial score (nSPS) is 26.0. The van der Waals surface area contributed by atoms with Crippen molar-refractivity contribution in [2.75, 3.05) is 13.2 Å². The molecule has 0 amide bonds. The van der Waals surface area contributed by atoms with Gasteiger partial charge in [-0.2, -0.15) is 0 Å². The number of aryl methyl sites for hydroxylation is 1. The summed E-state index contributed by atoms with van der Waals surface area (Å²) in [6.07, 6.45) is 2.47. The number of nitrogens with zero attached hydrogens (tertiary/aromatic N) is 4. The van der Waals surface area contributed by atoms with Crippen LogP contribution in [-0.2, 0) is 24.8 Å². The molecule has 28 heavy (non-hydrogen) atoms. The van der Waals surface area contributed by atoms with Crippen LogP contribution in [0.4, 0.5) is 0 Å². The van der Waals surface area contributed by atoms with Gasteiger partial charge in [0.2, 0.25) is 0 Å². The van der Waals surface area contributed by atoms with Gasteiger partial charge in [-0.1, -0.05) is 19.9 Å². The summed E-state index contributed by atoms with van der Waals surface area (Å²) in [5, 5.41) is 17.7. The van der Waals surface area contributed by atoms with Gasteiger partial charge in [-0.3, -0.25) is 0 Å².